The van der Waals surface area contributed by atoms with Gasteiger partial charge in [-0.15, -0.1) is 0 Å². The monoisotopic (exact) mass is 364 g/mol. The number of nitrogens with zero attached hydrogens (tertiary/aromatic N) is 2. The lowest BCUT2D eigenvalue weighted by Gasteiger charge is -2.08. The standard InChI is InChI=1S/C15H13ClN4O3S/c1-8-6-13(24-10-4-2-9(16)3-5-10)12(20(22)23)7-11(8)14(21)19-15(17)18/h2-7H,1H3,(H4,17,18,19,21). The van der Waals surface area contributed by atoms with E-state index in [9.17, 15) is 14.9 Å². The second-order valence-electron chi connectivity index (χ2n) is 4.79. The molecule has 0 spiro atoms. The lowest BCUT2D eigenvalue weighted by molar-refractivity contribution is -0.387. The molecule has 0 fully saturated rings. The predicted octanol–water partition coefficient (Wildman–Crippen LogP) is 3.12. The molecule has 9 heteroatoms. The van der Waals surface area contributed by atoms with Gasteiger partial charge in [0.2, 0.25) is 0 Å². The molecule has 0 heterocycles. The molecular weight excluding hydrogens is 352 g/mol. The maximum atomic E-state index is 12.0. The first-order valence-corrected chi connectivity index (χ1v) is 7.84. The summed E-state index contributed by atoms with van der Waals surface area (Å²) in [4.78, 5) is 27.4. The summed E-state index contributed by atoms with van der Waals surface area (Å²) in [7, 11) is 0. The highest BCUT2D eigenvalue weighted by atomic mass is 35.5. The summed E-state index contributed by atoms with van der Waals surface area (Å²) in [6.07, 6.45) is 0. The number of nitro groups is 1. The molecule has 24 heavy (non-hydrogen) atoms. The largest absolute Gasteiger partial charge is 0.370 e. The molecular formula is C15H13ClN4O3S. The van der Waals surface area contributed by atoms with E-state index in [0.29, 0.717) is 15.5 Å². The van der Waals surface area contributed by atoms with Crippen LogP contribution in [-0.4, -0.2) is 16.8 Å². The van der Waals surface area contributed by atoms with Crippen LogP contribution in [0, 0.1) is 17.0 Å². The topological polar surface area (TPSA) is 125 Å². The lowest BCUT2D eigenvalue weighted by atomic mass is 10.1. The van der Waals surface area contributed by atoms with Crippen molar-refractivity contribution in [1.82, 2.24) is 0 Å². The number of benzene rings is 2. The summed E-state index contributed by atoms with van der Waals surface area (Å²) < 4.78 is 0. The van der Waals surface area contributed by atoms with Crippen LogP contribution in [0.3, 0.4) is 0 Å². The highest BCUT2D eigenvalue weighted by molar-refractivity contribution is 7.99. The maximum absolute atomic E-state index is 12.0. The molecule has 0 atom stereocenters. The minimum Gasteiger partial charge on any atom is -0.370 e. The first-order chi connectivity index (χ1) is 11.3. The Morgan fingerprint density at radius 3 is 2.42 bits per heavy atom. The van der Waals surface area contributed by atoms with E-state index >= 15 is 0 Å². The number of amides is 1. The number of hydrogen-bond donors (Lipinski definition) is 2. The van der Waals surface area contributed by atoms with E-state index in [0.717, 1.165) is 4.90 Å². The fourth-order valence-electron chi connectivity index (χ4n) is 1.93. The van der Waals surface area contributed by atoms with Gasteiger partial charge in [-0.25, -0.2) is 0 Å². The summed E-state index contributed by atoms with van der Waals surface area (Å²) in [5.74, 6) is -1.12. The van der Waals surface area contributed by atoms with Gasteiger partial charge in [-0.2, -0.15) is 4.99 Å². The number of hydrogen-bond acceptors (Lipinski definition) is 4. The highest BCUT2D eigenvalue weighted by Crippen LogP contribution is 2.37. The van der Waals surface area contributed by atoms with E-state index < -0.39 is 16.8 Å². The maximum Gasteiger partial charge on any atom is 0.284 e. The molecule has 0 unspecified atom stereocenters. The van der Waals surface area contributed by atoms with Crippen LogP contribution < -0.4 is 11.5 Å². The predicted molar refractivity (Wildman–Crippen MR) is 93.5 cm³/mol. The SMILES string of the molecule is Cc1cc(Sc2ccc(Cl)cc2)c([N+](=O)[O-])cc1C(=O)N=C(N)N. The fraction of sp³-hybridized carbons (Fsp3) is 0.0667. The Kier molecular flexibility index (Phi) is 5.42. The van der Waals surface area contributed by atoms with E-state index in [1.54, 1.807) is 37.3 Å². The Balaban J connectivity index is 2.47. The number of aryl methyl sites for hydroxylation is 1. The van der Waals surface area contributed by atoms with Gasteiger partial charge in [-0.05, 0) is 42.8 Å². The van der Waals surface area contributed by atoms with Crippen LogP contribution in [-0.2, 0) is 0 Å². The molecule has 2 rings (SSSR count). The van der Waals surface area contributed by atoms with Gasteiger partial charge >= 0.3 is 0 Å². The van der Waals surface area contributed by atoms with Crippen LogP contribution in [0.4, 0.5) is 5.69 Å². The van der Waals surface area contributed by atoms with Gasteiger partial charge in [0.1, 0.15) is 0 Å². The van der Waals surface area contributed by atoms with Crippen molar-refractivity contribution in [1.29, 1.82) is 0 Å². The second-order valence-corrected chi connectivity index (χ2v) is 6.34. The summed E-state index contributed by atoms with van der Waals surface area (Å²) in [6, 6.07) is 9.64. The molecule has 0 saturated heterocycles. The van der Waals surface area contributed by atoms with Gasteiger partial charge < -0.3 is 11.5 Å². The van der Waals surface area contributed by atoms with E-state index in [1.165, 1.54) is 17.8 Å². The van der Waals surface area contributed by atoms with Crippen LogP contribution >= 0.6 is 23.4 Å². The van der Waals surface area contributed by atoms with Crippen molar-refractivity contribution in [2.45, 2.75) is 16.7 Å². The number of nitrogens with two attached hydrogens (primary N) is 2. The fourth-order valence-corrected chi connectivity index (χ4v) is 3.06. The molecule has 0 aliphatic carbocycles. The van der Waals surface area contributed by atoms with Crippen LogP contribution in [0.2, 0.25) is 5.02 Å². The number of carbonyl (C=O) groups is 1. The lowest BCUT2D eigenvalue weighted by Crippen LogP contribution is -2.24. The third-order valence-electron chi connectivity index (χ3n) is 3.01. The molecule has 0 aliphatic heterocycles. The van der Waals surface area contributed by atoms with Crippen molar-refractivity contribution in [3.8, 4) is 0 Å². The minimum absolute atomic E-state index is 0.0792. The summed E-state index contributed by atoms with van der Waals surface area (Å²) in [5.41, 5.74) is 10.8. The third kappa shape index (κ3) is 4.24. The zero-order valence-corrected chi connectivity index (χ0v) is 14.1. The van der Waals surface area contributed by atoms with Crippen molar-refractivity contribution in [3.63, 3.8) is 0 Å². The van der Waals surface area contributed by atoms with Gasteiger partial charge in [0.25, 0.3) is 11.6 Å². The average molecular weight is 365 g/mol. The molecule has 0 radical (unpaired) electrons. The summed E-state index contributed by atoms with van der Waals surface area (Å²) >= 11 is 7.03. The van der Waals surface area contributed by atoms with E-state index in [4.69, 9.17) is 23.1 Å². The molecule has 7 nitrogen and oxygen atoms in total. The molecule has 1 amide bonds. The Morgan fingerprint density at radius 1 is 1.25 bits per heavy atom. The molecule has 0 aliphatic rings. The van der Waals surface area contributed by atoms with Crippen LogP contribution in [0.1, 0.15) is 15.9 Å². The smallest absolute Gasteiger partial charge is 0.284 e. The Labute approximate surface area is 146 Å². The van der Waals surface area contributed by atoms with Gasteiger partial charge in [-0.1, -0.05) is 23.4 Å². The Hall–Kier alpha value is -2.58. The van der Waals surface area contributed by atoms with Crippen LogP contribution in [0.25, 0.3) is 0 Å². The number of halogens is 1. The van der Waals surface area contributed by atoms with Crippen molar-refractivity contribution >= 4 is 40.9 Å². The molecule has 4 N–H and O–H groups in total. The molecule has 2 aromatic carbocycles. The summed E-state index contributed by atoms with van der Waals surface area (Å²) in [5, 5.41) is 11.9. The molecule has 2 aromatic rings. The number of rotatable bonds is 4. The average Bonchev–Trinajstić information content (AvgIpc) is 2.48. The normalized spacial score (nSPS) is 10.2. The van der Waals surface area contributed by atoms with Crippen molar-refractivity contribution < 1.29 is 9.72 Å². The number of guanidine groups is 1. The van der Waals surface area contributed by atoms with E-state index in [2.05, 4.69) is 4.99 Å². The molecule has 0 bridgehead atoms. The second kappa shape index (κ2) is 7.33. The van der Waals surface area contributed by atoms with Crippen LogP contribution in [0.5, 0.6) is 0 Å². The quantitative estimate of drug-likeness (QED) is 0.371. The first kappa shape index (κ1) is 17.8. The van der Waals surface area contributed by atoms with E-state index in [1.807, 2.05) is 0 Å². The van der Waals surface area contributed by atoms with Gasteiger partial charge in [0.05, 0.1) is 15.4 Å². The number of carbonyl (C=O) groups excluding carboxylic acids is 1. The van der Waals surface area contributed by atoms with Crippen molar-refractivity contribution in [2.24, 2.45) is 16.5 Å². The zero-order chi connectivity index (χ0) is 17.9. The first-order valence-electron chi connectivity index (χ1n) is 6.64. The molecule has 0 saturated carbocycles. The molecule has 124 valence electrons. The number of nitro benzene ring substituents is 1. The highest BCUT2D eigenvalue weighted by Gasteiger charge is 2.21. The Morgan fingerprint density at radius 2 is 1.88 bits per heavy atom. The van der Waals surface area contributed by atoms with Gasteiger partial charge in [0.15, 0.2) is 5.96 Å². The van der Waals surface area contributed by atoms with Crippen LogP contribution in [0.15, 0.2) is 51.2 Å². The summed E-state index contributed by atoms with van der Waals surface area (Å²) in [6.45, 7) is 1.66. The third-order valence-corrected chi connectivity index (χ3v) is 4.31. The van der Waals surface area contributed by atoms with Crippen molar-refractivity contribution in [3.05, 3.63) is 62.7 Å². The van der Waals surface area contributed by atoms with E-state index in [-0.39, 0.29) is 11.3 Å². The van der Waals surface area contributed by atoms with Gasteiger partial charge in [0, 0.05) is 16.0 Å². The number of aliphatic imine (C=N–C) groups is 1. The van der Waals surface area contributed by atoms with Gasteiger partial charge in [-0.3, -0.25) is 14.9 Å². The molecule has 0 aromatic heterocycles. The van der Waals surface area contributed by atoms with Crippen molar-refractivity contribution in [2.75, 3.05) is 0 Å². The Bertz CT molecular complexity index is 833. The zero-order valence-electron chi connectivity index (χ0n) is 12.5. The minimum atomic E-state index is -0.723.